The second kappa shape index (κ2) is 6.14. The van der Waals surface area contributed by atoms with E-state index in [1.54, 1.807) is 10.9 Å². The summed E-state index contributed by atoms with van der Waals surface area (Å²) in [5.41, 5.74) is 4.29. The lowest BCUT2D eigenvalue weighted by atomic mass is 10.2. The van der Waals surface area contributed by atoms with Crippen LogP contribution in [0.3, 0.4) is 0 Å². The van der Waals surface area contributed by atoms with Crippen molar-refractivity contribution < 1.29 is 4.79 Å². The van der Waals surface area contributed by atoms with Crippen LogP contribution < -0.4 is 5.32 Å². The van der Waals surface area contributed by atoms with E-state index in [0.717, 1.165) is 27.2 Å². The number of anilines is 1. The summed E-state index contributed by atoms with van der Waals surface area (Å²) in [6, 6.07) is 15.8. The summed E-state index contributed by atoms with van der Waals surface area (Å²) in [7, 11) is 0. The van der Waals surface area contributed by atoms with Crippen LogP contribution in [0.2, 0.25) is 0 Å². The summed E-state index contributed by atoms with van der Waals surface area (Å²) in [4.78, 5) is 17.2. The van der Waals surface area contributed by atoms with Gasteiger partial charge in [0.15, 0.2) is 5.13 Å². The highest BCUT2D eigenvalue weighted by Crippen LogP contribution is 2.28. The number of aromatic nitrogens is 3. The molecular weight excluding hydrogens is 332 g/mol. The third-order valence-corrected chi connectivity index (χ3v) is 5.03. The zero-order valence-electron chi connectivity index (χ0n) is 13.9. The van der Waals surface area contributed by atoms with E-state index < -0.39 is 0 Å². The Labute approximate surface area is 149 Å². The molecule has 124 valence electrons. The number of para-hydroxylation sites is 2. The van der Waals surface area contributed by atoms with Gasteiger partial charge >= 0.3 is 0 Å². The van der Waals surface area contributed by atoms with Gasteiger partial charge in [-0.1, -0.05) is 41.7 Å². The van der Waals surface area contributed by atoms with Gasteiger partial charge in [-0.2, -0.15) is 5.10 Å². The number of nitrogens with zero attached hydrogens (tertiary/aromatic N) is 3. The summed E-state index contributed by atoms with van der Waals surface area (Å²) in [6.45, 7) is 3.90. The van der Waals surface area contributed by atoms with E-state index in [-0.39, 0.29) is 5.91 Å². The van der Waals surface area contributed by atoms with E-state index in [0.29, 0.717) is 10.7 Å². The number of thiazole rings is 1. The van der Waals surface area contributed by atoms with Crippen molar-refractivity contribution in [1.29, 1.82) is 0 Å². The fourth-order valence-corrected chi connectivity index (χ4v) is 3.71. The first-order valence-electron chi connectivity index (χ1n) is 7.91. The molecular formula is C19H16N4OS. The molecule has 0 saturated carbocycles. The Morgan fingerprint density at radius 3 is 2.64 bits per heavy atom. The van der Waals surface area contributed by atoms with Crippen molar-refractivity contribution in [3.8, 4) is 5.69 Å². The summed E-state index contributed by atoms with van der Waals surface area (Å²) in [5.74, 6) is -0.198. The minimum Gasteiger partial charge on any atom is -0.298 e. The van der Waals surface area contributed by atoms with Crippen molar-refractivity contribution in [1.82, 2.24) is 14.8 Å². The van der Waals surface area contributed by atoms with Crippen LogP contribution in [0.15, 0.2) is 54.7 Å². The average Bonchev–Trinajstić information content (AvgIpc) is 3.20. The Kier molecular flexibility index (Phi) is 3.82. The molecule has 0 atom stereocenters. The van der Waals surface area contributed by atoms with Crippen LogP contribution in [0.25, 0.3) is 15.9 Å². The van der Waals surface area contributed by atoms with E-state index in [2.05, 4.69) is 15.4 Å². The van der Waals surface area contributed by atoms with E-state index in [9.17, 15) is 4.79 Å². The summed E-state index contributed by atoms with van der Waals surface area (Å²) in [5, 5.41) is 7.84. The quantitative estimate of drug-likeness (QED) is 0.599. The first-order chi connectivity index (χ1) is 12.1. The van der Waals surface area contributed by atoms with Gasteiger partial charge in [-0.05, 0) is 37.6 Å². The van der Waals surface area contributed by atoms with Crippen LogP contribution in [0.4, 0.5) is 5.13 Å². The van der Waals surface area contributed by atoms with E-state index in [1.165, 1.54) is 11.3 Å². The first kappa shape index (κ1) is 15.5. The fraction of sp³-hybridized carbons (Fsp3) is 0.105. The molecule has 0 unspecified atom stereocenters. The van der Waals surface area contributed by atoms with Crippen molar-refractivity contribution in [3.05, 3.63) is 71.5 Å². The SMILES string of the molecule is Cc1cccc2sc(NC(=O)c3cnn(-c4ccccc4)c3C)nc12. The molecule has 2 aromatic heterocycles. The molecule has 0 aliphatic rings. The molecule has 0 bridgehead atoms. The van der Waals surface area contributed by atoms with E-state index in [4.69, 9.17) is 0 Å². The number of fused-ring (bicyclic) bond motifs is 1. The zero-order valence-corrected chi connectivity index (χ0v) is 14.7. The predicted octanol–water partition coefficient (Wildman–Crippen LogP) is 4.35. The number of hydrogen-bond acceptors (Lipinski definition) is 4. The molecule has 0 aliphatic heterocycles. The topological polar surface area (TPSA) is 59.8 Å². The van der Waals surface area contributed by atoms with Crippen molar-refractivity contribution in [2.45, 2.75) is 13.8 Å². The lowest BCUT2D eigenvalue weighted by Crippen LogP contribution is -2.12. The molecule has 1 N–H and O–H groups in total. The molecule has 5 nitrogen and oxygen atoms in total. The highest BCUT2D eigenvalue weighted by atomic mass is 32.1. The molecule has 25 heavy (non-hydrogen) atoms. The van der Waals surface area contributed by atoms with Gasteiger partial charge in [0.2, 0.25) is 0 Å². The number of hydrogen-bond donors (Lipinski definition) is 1. The Balaban J connectivity index is 1.63. The Hall–Kier alpha value is -2.99. The molecule has 0 aliphatic carbocycles. The summed E-state index contributed by atoms with van der Waals surface area (Å²) < 4.78 is 2.82. The molecule has 2 aromatic carbocycles. The van der Waals surface area contributed by atoms with Gasteiger partial charge in [0.05, 0.1) is 33.4 Å². The van der Waals surface area contributed by atoms with Crippen molar-refractivity contribution in [3.63, 3.8) is 0 Å². The van der Waals surface area contributed by atoms with Gasteiger partial charge in [0.1, 0.15) is 0 Å². The Morgan fingerprint density at radius 2 is 1.88 bits per heavy atom. The number of amides is 1. The van der Waals surface area contributed by atoms with E-state index in [1.807, 2.05) is 62.4 Å². The van der Waals surface area contributed by atoms with Gasteiger partial charge in [0, 0.05) is 0 Å². The maximum Gasteiger partial charge on any atom is 0.260 e. The fourth-order valence-electron chi connectivity index (χ4n) is 2.77. The second-order valence-corrected chi connectivity index (χ2v) is 6.82. The molecule has 0 saturated heterocycles. The minimum atomic E-state index is -0.198. The second-order valence-electron chi connectivity index (χ2n) is 5.79. The largest absolute Gasteiger partial charge is 0.298 e. The highest BCUT2D eigenvalue weighted by Gasteiger charge is 2.17. The smallest absolute Gasteiger partial charge is 0.260 e. The minimum absolute atomic E-state index is 0.198. The van der Waals surface area contributed by atoms with Gasteiger partial charge in [-0.15, -0.1) is 0 Å². The van der Waals surface area contributed by atoms with E-state index >= 15 is 0 Å². The van der Waals surface area contributed by atoms with Crippen LogP contribution in [0.1, 0.15) is 21.6 Å². The third kappa shape index (κ3) is 2.81. The highest BCUT2D eigenvalue weighted by molar-refractivity contribution is 7.22. The standard InChI is InChI=1S/C19H16N4OS/c1-12-7-6-10-16-17(12)21-19(25-16)22-18(24)15-11-20-23(13(15)2)14-8-4-3-5-9-14/h3-11H,1-2H3,(H,21,22,24). The zero-order chi connectivity index (χ0) is 17.4. The maximum atomic E-state index is 12.6. The predicted molar refractivity (Wildman–Crippen MR) is 101 cm³/mol. The normalized spacial score (nSPS) is 11.0. The van der Waals surface area contributed by atoms with Crippen molar-refractivity contribution in [2.75, 3.05) is 5.32 Å². The summed E-state index contributed by atoms with van der Waals surface area (Å²) >= 11 is 1.47. The van der Waals surface area contributed by atoms with Gasteiger partial charge < -0.3 is 0 Å². The van der Waals surface area contributed by atoms with Gasteiger partial charge in [-0.3, -0.25) is 10.1 Å². The lowest BCUT2D eigenvalue weighted by Gasteiger charge is -2.05. The lowest BCUT2D eigenvalue weighted by molar-refractivity contribution is 0.102. The summed E-state index contributed by atoms with van der Waals surface area (Å²) in [6.07, 6.45) is 1.59. The monoisotopic (exact) mass is 348 g/mol. The van der Waals surface area contributed by atoms with Crippen LogP contribution in [0, 0.1) is 13.8 Å². The number of rotatable bonds is 3. The average molecular weight is 348 g/mol. The van der Waals surface area contributed by atoms with Crippen LogP contribution in [-0.2, 0) is 0 Å². The molecule has 0 fully saturated rings. The third-order valence-electron chi connectivity index (χ3n) is 4.10. The van der Waals surface area contributed by atoms with Crippen LogP contribution >= 0.6 is 11.3 Å². The molecule has 6 heteroatoms. The van der Waals surface area contributed by atoms with Crippen molar-refractivity contribution >= 4 is 32.6 Å². The van der Waals surface area contributed by atoms with Crippen molar-refractivity contribution in [2.24, 2.45) is 0 Å². The Morgan fingerprint density at radius 1 is 1.08 bits per heavy atom. The van der Waals surface area contributed by atoms with Crippen LogP contribution in [-0.4, -0.2) is 20.7 Å². The number of nitrogens with one attached hydrogen (secondary N) is 1. The van der Waals surface area contributed by atoms with Gasteiger partial charge in [-0.25, -0.2) is 9.67 Å². The van der Waals surface area contributed by atoms with Crippen LogP contribution in [0.5, 0.6) is 0 Å². The molecule has 2 heterocycles. The number of carbonyl (C=O) groups is 1. The molecule has 0 radical (unpaired) electrons. The number of aryl methyl sites for hydroxylation is 1. The molecule has 1 amide bonds. The number of carbonyl (C=O) groups excluding carboxylic acids is 1. The number of benzene rings is 2. The Bertz CT molecular complexity index is 1070. The van der Waals surface area contributed by atoms with Gasteiger partial charge in [0.25, 0.3) is 5.91 Å². The first-order valence-corrected chi connectivity index (χ1v) is 8.72. The molecule has 4 aromatic rings. The molecule has 4 rings (SSSR count). The molecule has 0 spiro atoms. The maximum absolute atomic E-state index is 12.6.